The van der Waals surface area contributed by atoms with Crippen molar-refractivity contribution >= 4 is 17.4 Å². The number of nitrogens with one attached hydrogen (secondary N) is 2. The third kappa shape index (κ3) is 4.28. The van der Waals surface area contributed by atoms with Crippen LogP contribution < -0.4 is 10.6 Å². The second-order valence-electron chi connectivity index (χ2n) is 5.03. The minimum Gasteiger partial charge on any atom is -0.370 e. The summed E-state index contributed by atoms with van der Waals surface area (Å²) >= 11 is 0. The summed E-state index contributed by atoms with van der Waals surface area (Å²) in [5, 5.41) is 6.11. The van der Waals surface area contributed by atoms with Gasteiger partial charge in [-0.15, -0.1) is 0 Å². The van der Waals surface area contributed by atoms with E-state index in [1.165, 1.54) is 6.33 Å². The number of aromatic nitrogens is 2. The van der Waals surface area contributed by atoms with Crippen LogP contribution in [0.2, 0.25) is 0 Å². The van der Waals surface area contributed by atoms with E-state index in [-0.39, 0.29) is 5.91 Å². The van der Waals surface area contributed by atoms with E-state index >= 15 is 0 Å². The number of para-hydroxylation sites is 1. The molecule has 116 valence electrons. The van der Waals surface area contributed by atoms with Gasteiger partial charge < -0.3 is 10.6 Å². The van der Waals surface area contributed by atoms with E-state index in [0.717, 1.165) is 37.1 Å². The summed E-state index contributed by atoms with van der Waals surface area (Å²) in [4.78, 5) is 20.5. The average Bonchev–Trinajstić information content (AvgIpc) is 2.56. The van der Waals surface area contributed by atoms with Crippen molar-refractivity contribution in [2.45, 2.75) is 33.1 Å². The summed E-state index contributed by atoms with van der Waals surface area (Å²) < 4.78 is 0. The summed E-state index contributed by atoms with van der Waals surface area (Å²) in [7, 11) is 0. The minimum atomic E-state index is -0.221. The molecule has 2 rings (SSSR count). The number of hydrogen-bond donors (Lipinski definition) is 2. The largest absolute Gasteiger partial charge is 0.370 e. The predicted octanol–water partition coefficient (Wildman–Crippen LogP) is 3.50. The first-order valence-corrected chi connectivity index (χ1v) is 7.69. The van der Waals surface area contributed by atoms with Crippen LogP contribution in [0.4, 0.5) is 11.5 Å². The Morgan fingerprint density at radius 3 is 2.77 bits per heavy atom. The first-order chi connectivity index (χ1) is 10.7. The Labute approximate surface area is 131 Å². The Morgan fingerprint density at radius 2 is 2.00 bits per heavy atom. The first-order valence-electron chi connectivity index (χ1n) is 7.69. The molecule has 0 unspecified atom stereocenters. The van der Waals surface area contributed by atoms with E-state index in [1.807, 2.05) is 24.3 Å². The van der Waals surface area contributed by atoms with Crippen LogP contribution in [-0.2, 0) is 6.42 Å². The Balaban J connectivity index is 2.07. The van der Waals surface area contributed by atoms with Gasteiger partial charge in [-0.3, -0.25) is 4.79 Å². The zero-order chi connectivity index (χ0) is 15.8. The molecule has 0 bridgehead atoms. The van der Waals surface area contributed by atoms with Crippen molar-refractivity contribution in [2.75, 3.05) is 17.2 Å². The standard InChI is InChI=1S/C17H22N4O/c1-3-5-10-18-16-11-15(19-12-20-16)17(22)21-14-9-7-6-8-13(14)4-2/h6-9,11-12H,3-5,10H2,1-2H3,(H,21,22)(H,18,19,20). The lowest BCUT2D eigenvalue weighted by atomic mass is 10.1. The van der Waals surface area contributed by atoms with E-state index < -0.39 is 0 Å². The normalized spacial score (nSPS) is 10.3. The molecular formula is C17H22N4O. The second kappa shape index (κ2) is 8.12. The van der Waals surface area contributed by atoms with Crippen LogP contribution in [0.1, 0.15) is 42.7 Å². The second-order valence-corrected chi connectivity index (χ2v) is 5.03. The van der Waals surface area contributed by atoms with Crippen LogP contribution in [0.15, 0.2) is 36.7 Å². The molecule has 22 heavy (non-hydrogen) atoms. The molecule has 1 aromatic carbocycles. The highest BCUT2D eigenvalue weighted by molar-refractivity contribution is 6.03. The molecule has 0 aliphatic rings. The van der Waals surface area contributed by atoms with Crippen molar-refractivity contribution in [1.29, 1.82) is 0 Å². The number of carbonyl (C=O) groups is 1. The number of benzene rings is 1. The lowest BCUT2D eigenvalue weighted by molar-refractivity contribution is 0.102. The molecule has 2 N–H and O–H groups in total. The molecule has 1 amide bonds. The number of nitrogens with zero attached hydrogens (tertiary/aromatic N) is 2. The van der Waals surface area contributed by atoms with Gasteiger partial charge in [0.2, 0.25) is 0 Å². The molecule has 0 fully saturated rings. The quantitative estimate of drug-likeness (QED) is 0.768. The number of aryl methyl sites for hydroxylation is 1. The molecule has 0 atom stereocenters. The van der Waals surface area contributed by atoms with Crippen LogP contribution in [0.25, 0.3) is 0 Å². The van der Waals surface area contributed by atoms with Gasteiger partial charge in [-0.25, -0.2) is 9.97 Å². The number of amides is 1. The van der Waals surface area contributed by atoms with E-state index in [2.05, 4.69) is 34.4 Å². The molecule has 0 saturated heterocycles. The van der Waals surface area contributed by atoms with E-state index in [1.54, 1.807) is 6.07 Å². The number of unbranched alkanes of at least 4 members (excludes halogenated alkanes) is 1. The van der Waals surface area contributed by atoms with Crippen molar-refractivity contribution in [1.82, 2.24) is 9.97 Å². The molecular weight excluding hydrogens is 276 g/mol. The molecule has 1 aromatic heterocycles. The van der Waals surface area contributed by atoms with Crippen molar-refractivity contribution in [3.8, 4) is 0 Å². The molecule has 0 aliphatic heterocycles. The Kier molecular flexibility index (Phi) is 5.89. The van der Waals surface area contributed by atoms with Crippen molar-refractivity contribution < 1.29 is 4.79 Å². The van der Waals surface area contributed by atoms with Gasteiger partial charge in [0.1, 0.15) is 17.8 Å². The van der Waals surface area contributed by atoms with Gasteiger partial charge in [-0.2, -0.15) is 0 Å². The maximum atomic E-state index is 12.3. The van der Waals surface area contributed by atoms with Gasteiger partial charge in [0.25, 0.3) is 5.91 Å². The lowest BCUT2D eigenvalue weighted by Gasteiger charge is -2.10. The fourth-order valence-electron chi connectivity index (χ4n) is 2.11. The highest BCUT2D eigenvalue weighted by Crippen LogP contribution is 2.16. The molecule has 0 saturated carbocycles. The van der Waals surface area contributed by atoms with E-state index in [9.17, 15) is 4.79 Å². The monoisotopic (exact) mass is 298 g/mol. The fourth-order valence-corrected chi connectivity index (χ4v) is 2.11. The maximum Gasteiger partial charge on any atom is 0.274 e. The molecule has 0 radical (unpaired) electrons. The number of carbonyl (C=O) groups excluding carboxylic acids is 1. The van der Waals surface area contributed by atoms with Crippen molar-refractivity contribution in [3.05, 3.63) is 47.9 Å². The molecule has 2 aromatic rings. The highest BCUT2D eigenvalue weighted by Gasteiger charge is 2.10. The van der Waals surface area contributed by atoms with Gasteiger partial charge in [0, 0.05) is 18.3 Å². The van der Waals surface area contributed by atoms with Gasteiger partial charge in [-0.05, 0) is 24.5 Å². The van der Waals surface area contributed by atoms with Gasteiger partial charge in [0.05, 0.1) is 0 Å². The summed E-state index contributed by atoms with van der Waals surface area (Å²) in [6.45, 7) is 5.03. The van der Waals surface area contributed by atoms with Gasteiger partial charge in [-0.1, -0.05) is 38.5 Å². The van der Waals surface area contributed by atoms with Crippen LogP contribution in [-0.4, -0.2) is 22.4 Å². The highest BCUT2D eigenvalue weighted by atomic mass is 16.1. The molecule has 0 aliphatic carbocycles. The van der Waals surface area contributed by atoms with Crippen molar-refractivity contribution in [3.63, 3.8) is 0 Å². The Hall–Kier alpha value is -2.43. The maximum absolute atomic E-state index is 12.3. The molecule has 0 spiro atoms. The van der Waals surface area contributed by atoms with E-state index in [0.29, 0.717) is 11.5 Å². The predicted molar refractivity (Wildman–Crippen MR) is 89.2 cm³/mol. The van der Waals surface area contributed by atoms with Crippen molar-refractivity contribution in [2.24, 2.45) is 0 Å². The average molecular weight is 298 g/mol. The number of anilines is 2. The van der Waals surface area contributed by atoms with E-state index in [4.69, 9.17) is 0 Å². The number of rotatable bonds is 7. The van der Waals surface area contributed by atoms with Gasteiger partial charge in [0.15, 0.2) is 0 Å². The number of hydrogen-bond acceptors (Lipinski definition) is 4. The van der Waals surface area contributed by atoms with Crippen LogP contribution in [0.3, 0.4) is 0 Å². The zero-order valence-corrected chi connectivity index (χ0v) is 13.1. The lowest BCUT2D eigenvalue weighted by Crippen LogP contribution is -2.15. The smallest absolute Gasteiger partial charge is 0.274 e. The molecule has 5 heteroatoms. The Morgan fingerprint density at radius 1 is 1.18 bits per heavy atom. The third-order valence-electron chi connectivity index (χ3n) is 3.38. The van der Waals surface area contributed by atoms with Gasteiger partial charge >= 0.3 is 0 Å². The summed E-state index contributed by atoms with van der Waals surface area (Å²) in [6.07, 6.45) is 4.45. The van der Waals surface area contributed by atoms with Crippen LogP contribution in [0.5, 0.6) is 0 Å². The third-order valence-corrected chi connectivity index (χ3v) is 3.38. The molecule has 1 heterocycles. The summed E-state index contributed by atoms with van der Waals surface area (Å²) in [5.74, 6) is 0.458. The Bertz CT molecular complexity index is 628. The summed E-state index contributed by atoms with van der Waals surface area (Å²) in [6, 6.07) is 9.46. The minimum absolute atomic E-state index is 0.221. The molecule has 5 nitrogen and oxygen atoms in total. The van der Waals surface area contributed by atoms with Crippen LogP contribution in [0, 0.1) is 0 Å². The fraction of sp³-hybridized carbons (Fsp3) is 0.353. The topological polar surface area (TPSA) is 66.9 Å². The summed E-state index contributed by atoms with van der Waals surface area (Å²) in [5.41, 5.74) is 2.29. The van der Waals surface area contributed by atoms with Crippen LogP contribution >= 0.6 is 0 Å². The first kappa shape index (κ1) is 15.9. The zero-order valence-electron chi connectivity index (χ0n) is 13.1. The SMILES string of the molecule is CCCCNc1cc(C(=O)Nc2ccccc2CC)ncn1.